The van der Waals surface area contributed by atoms with E-state index in [9.17, 15) is 9.59 Å². The monoisotopic (exact) mass is 371 g/mol. The van der Waals surface area contributed by atoms with Crippen molar-refractivity contribution in [1.29, 1.82) is 0 Å². The molecule has 0 aliphatic heterocycles. The number of hydrogen-bond acceptors (Lipinski definition) is 4. The van der Waals surface area contributed by atoms with Crippen LogP contribution in [0.1, 0.15) is 34.6 Å². The summed E-state index contributed by atoms with van der Waals surface area (Å²) in [5, 5.41) is 0. The number of carbonyl (C=O) groups excluding carboxylic acids is 2. The lowest BCUT2D eigenvalue weighted by atomic mass is 10.0. The molecule has 0 N–H and O–H groups in total. The van der Waals surface area contributed by atoms with Crippen LogP contribution in [0.15, 0.2) is 0 Å². The smallest absolute Gasteiger partial charge is 0.410 e. The van der Waals surface area contributed by atoms with Gasteiger partial charge in [-0.1, -0.05) is 13.8 Å². The van der Waals surface area contributed by atoms with Crippen molar-refractivity contribution >= 4 is 34.7 Å². The average Bonchev–Trinajstić information content (AvgIpc) is 2.14. The van der Waals surface area contributed by atoms with Crippen LogP contribution in [0.3, 0.4) is 0 Å². The lowest BCUT2D eigenvalue weighted by Crippen LogP contribution is -2.48. The maximum atomic E-state index is 11.9. The van der Waals surface area contributed by atoms with E-state index in [0.717, 1.165) is 0 Å². The van der Waals surface area contributed by atoms with Gasteiger partial charge < -0.3 is 9.47 Å². The molecule has 0 radical (unpaired) electrons. The lowest BCUT2D eigenvalue weighted by molar-refractivity contribution is -0.148. The lowest BCUT2D eigenvalue weighted by Gasteiger charge is -2.31. The highest BCUT2D eigenvalue weighted by atomic mass is 127. The third-order valence-electron chi connectivity index (χ3n) is 2.17. The number of amides is 1. The summed E-state index contributed by atoms with van der Waals surface area (Å²) < 4.78 is 10.5. The van der Waals surface area contributed by atoms with E-state index >= 15 is 0 Å². The highest BCUT2D eigenvalue weighted by Crippen LogP contribution is 2.16. The predicted molar refractivity (Wildman–Crippen MR) is 77.6 cm³/mol. The van der Waals surface area contributed by atoms with Crippen LogP contribution in [0.2, 0.25) is 0 Å². The van der Waals surface area contributed by atoms with Crippen molar-refractivity contribution in [1.82, 2.24) is 4.90 Å². The zero-order chi connectivity index (χ0) is 14.5. The zero-order valence-corrected chi connectivity index (χ0v) is 14.0. The number of ether oxygens (including phenoxy) is 2. The molecule has 0 unspecified atom stereocenters. The van der Waals surface area contributed by atoms with Gasteiger partial charge in [0.1, 0.15) is 16.3 Å². The average molecular weight is 371 g/mol. The first kappa shape index (κ1) is 17.5. The Bertz CT molecular complexity index is 299. The Balaban J connectivity index is 4.81. The molecule has 0 aromatic carbocycles. The van der Waals surface area contributed by atoms with Gasteiger partial charge in [-0.25, -0.2) is 9.59 Å². The summed E-state index contributed by atoms with van der Waals surface area (Å²) in [6.45, 7) is 9.07. The molecule has 0 saturated carbocycles. The number of hydrogen-bond donors (Lipinski definition) is 0. The fourth-order valence-electron chi connectivity index (χ4n) is 1.46. The van der Waals surface area contributed by atoms with E-state index in [1.807, 2.05) is 36.4 Å². The van der Waals surface area contributed by atoms with Crippen molar-refractivity contribution < 1.29 is 19.1 Å². The molecule has 0 aliphatic rings. The Morgan fingerprint density at radius 1 is 1.28 bits per heavy atom. The molecule has 18 heavy (non-hydrogen) atoms. The van der Waals surface area contributed by atoms with Crippen LogP contribution in [0, 0.1) is 5.92 Å². The molecular weight excluding hydrogens is 349 g/mol. The first-order chi connectivity index (χ1) is 8.10. The minimum Gasteiger partial charge on any atom is -0.453 e. The third kappa shape index (κ3) is 5.88. The summed E-state index contributed by atoms with van der Waals surface area (Å²) in [7, 11) is 1.55. The maximum absolute atomic E-state index is 11.9. The molecule has 0 saturated heterocycles. The normalized spacial score (nSPS) is 13.1. The van der Waals surface area contributed by atoms with Gasteiger partial charge in [0.05, 0.1) is 0 Å². The molecular formula is C12H22INO4. The van der Waals surface area contributed by atoms with Crippen molar-refractivity contribution in [2.45, 2.75) is 46.3 Å². The SMILES string of the molecule is CC(C)[C@@H](C(=O)OCI)N(C)C(=O)OC(C)(C)C. The van der Waals surface area contributed by atoms with Gasteiger partial charge in [0, 0.05) is 7.05 Å². The minimum absolute atomic E-state index is 0.0435. The molecule has 1 amide bonds. The summed E-state index contributed by atoms with van der Waals surface area (Å²) in [5.41, 5.74) is -0.583. The van der Waals surface area contributed by atoms with Crippen molar-refractivity contribution in [2.75, 3.05) is 11.7 Å². The Morgan fingerprint density at radius 3 is 2.11 bits per heavy atom. The molecule has 0 aliphatic carbocycles. The van der Waals surface area contributed by atoms with Gasteiger partial charge in [0.25, 0.3) is 0 Å². The van der Waals surface area contributed by atoms with Crippen LogP contribution in [0.5, 0.6) is 0 Å². The summed E-state index contributed by atoms with van der Waals surface area (Å²) >= 11 is 1.94. The Kier molecular flexibility index (Phi) is 6.94. The van der Waals surface area contributed by atoms with Gasteiger partial charge in [-0.15, -0.1) is 0 Å². The van der Waals surface area contributed by atoms with Crippen molar-refractivity contribution in [3.63, 3.8) is 0 Å². The summed E-state index contributed by atoms with van der Waals surface area (Å²) in [6, 6.07) is -0.630. The maximum Gasteiger partial charge on any atom is 0.410 e. The Hall–Kier alpha value is -0.530. The number of esters is 1. The van der Waals surface area contributed by atoms with Crippen molar-refractivity contribution in [3.05, 3.63) is 0 Å². The molecule has 0 aromatic rings. The number of halogens is 1. The molecule has 0 bridgehead atoms. The molecule has 0 spiro atoms. The fourth-order valence-corrected chi connectivity index (χ4v) is 1.77. The number of alkyl halides is 1. The van der Waals surface area contributed by atoms with E-state index in [1.165, 1.54) is 4.90 Å². The molecule has 106 valence electrons. The minimum atomic E-state index is -0.630. The third-order valence-corrected chi connectivity index (χ3v) is 2.48. The number of likely N-dealkylation sites (N-methyl/N-ethyl adjacent to an activating group) is 1. The van der Waals surface area contributed by atoms with E-state index in [2.05, 4.69) is 0 Å². The van der Waals surface area contributed by atoms with Crippen molar-refractivity contribution in [2.24, 2.45) is 5.92 Å². The van der Waals surface area contributed by atoms with Gasteiger partial charge in [0.15, 0.2) is 0 Å². The largest absolute Gasteiger partial charge is 0.453 e. The topological polar surface area (TPSA) is 55.8 Å². The van der Waals surface area contributed by atoms with E-state index in [4.69, 9.17) is 9.47 Å². The van der Waals surface area contributed by atoms with Gasteiger partial charge in [-0.05, 0) is 49.3 Å². The molecule has 0 fully saturated rings. The van der Waals surface area contributed by atoms with E-state index in [-0.39, 0.29) is 10.5 Å². The first-order valence-electron chi connectivity index (χ1n) is 5.78. The van der Waals surface area contributed by atoms with Crippen LogP contribution in [0.4, 0.5) is 4.79 Å². The van der Waals surface area contributed by atoms with Gasteiger partial charge in [-0.2, -0.15) is 0 Å². The highest BCUT2D eigenvalue weighted by molar-refractivity contribution is 14.1. The van der Waals surface area contributed by atoms with Crippen LogP contribution in [0.25, 0.3) is 0 Å². The summed E-state index contributed by atoms with van der Waals surface area (Å²) in [5.74, 6) is -0.453. The van der Waals surface area contributed by atoms with Crippen LogP contribution >= 0.6 is 22.6 Å². The second-order valence-corrected chi connectivity index (χ2v) is 5.98. The van der Waals surface area contributed by atoms with Crippen molar-refractivity contribution in [3.8, 4) is 0 Å². The Labute approximate surface area is 122 Å². The summed E-state index contributed by atoms with van der Waals surface area (Å²) in [6.07, 6.45) is -0.522. The van der Waals surface area contributed by atoms with Crippen LogP contribution in [-0.2, 0) is 14.3 Å². The standard InChI is InChI=1S/C12H22INO4/c1-8(2)9(10(15)17-7-13)14(6)11(16)18-12(3,4)5/h8-9H,7H2,1-6H3/t9-/m0/s1. The second-order valence-electron chi connectivity index (χ2n) is 5.35. The predicted octanol–water partition coefficient (Wildman–Crippen LogP) is 2.81. The van der Waals surface area contributed by atoms with E-state index in [1.54, 1.807) is 27.8 Å². The quantitative estimate of drug-likeness (QED) is 0.433. The van der Waals surface area contributed by atoms with E-state index < -0.39 is 23.7 Å². The molecule has 5 nitrogen and oxygen atoms in total. The molecule has 0 aromatic heterocycles. The van der Waals surface area contributed by atoms with E-state index in [0.29, 0.717) is 0 Å². The Morgan fingerprint density at radius 2 is 1.78 bits per heavy atom. The molecule has 6 heteroatoms. The molecule has 0 rings (SSSR count). The van der Waals surface area contributed by atoms with Crippen LogP contribution < -0.4 is 0 Å². The second kappa shape index (κ2) is 7.16. The van der Waals surface area contributed by atoms with Gasteiger partial charge >= 0.3 is 12.1 Å². The zero-order valence-electron chi connectivity index (χ0n) is 11.8. The van der Waals surface area contributed by atoms with Gasteiger partial charge in [-0.3, -0.25) is 4.90 Å². The first-order valence-corrected chi connectivity index (χ1v) is 7.31. The number of rotatable bonds is 4. The number of carbonyl (C=O) groups is 2. The number of nitrogens with zero attached hydrogens (tertiary/aromatic N) is 1. The summed E-state index contributed by atoms with van der Waals surface area (Å²) in [4.78, 5) is 25.0. The highest BCUT2D eigenvalue weighted by Gasteiger charge is 2.33. The fraction of sp³-hybridized carbons (Fsp3) is 0.833. The van der Waals surface area contributed by atoms with Crippen LogP contribution in [-0.4, -0.2) is 40.3 Å². The molecule has 0 heterocycles. The van der Waals surface area contributed by atoms with Gasteiger partial charge in [0.2, 0.25) is 0 Å². The molecule has 1 atom stereocenters.